The van der Waals surface area contributed by atoms with Gasteiger partial charge in [-0.25, -0.2) is 0 Å². The number of nitrogens with one attached hydrogen (secondary N) is 2. The number of hydrogen-bond acceptors (Lipinski definition) is 9. The molecule has 1 aliphatic heterocycles. The van der Waals surface area contributed by atoms with Crippen molar-refractivity contribution in [2.45, 2.75) is 12.6 Å². The normalized spacial score (nSPS) is 13.1. The van der Waals surface area contributed by atoms with E-state index in [1.165, 1.54) is 12.1 Å². The van der Waals surface area contributed by atoms with Gasteiger partial charge in [0.2, 0.25) is 5.91 Å². The van der Waals surface area contributed by atoms with Gasteiger partial charge in [0.25, 0.3) is 17.5 Å². The number of amides is 3. The number of hydrogen-bond donors (Lipinski definition) is 6. The monoisotopic (exact) mass is 456 g/mol. The maximum atomic E-state index is 12.6. The van der Waals surface area contributed by atoms with Gasteiger partial charge in [0, 0.05) is 18.2 Å². The molecule has 1 aliphatic rings. The Labute approximate surface area is 187 Å². The van der Waals surface area contributed by atoms with E-state index in [2.05, 4.69) is 10.6 Å². The van der Waals surface area contributed by atoms with Crippen LogP contribution in [0, 0.1) is 10.1 Å². The summed E-state index contributed by atoms with van der Waals surface area (Å²) in [5.74, 6) is -2.74. The van der Waals surface area contributed by atoms with E-state index in [9.17, 15) is 39.6 Å². The Kier molecular flexibility index (Phi) is 7.08. The first kappa shape index (κ1) is 23.9. The summed E-state index contributed by atoms with van der Waals surface area (Å²) in [7, 11) is -3.14. The van der Waals surface area contributed by atoms with E-state index in [1.54, 1.807) is 6.07 Å². The lowest BCUT2D eigenvalue weighted by molar-refractivity contribution is -0.385. The lowest BCUT2D eigenvalue weighted by atomic mass is 9.79. The lowest BCUT2D eigenvalue weighted by Gasteiger charge is -2.17. The number of rotatable bonds is 8. The summed E-state index contributed by atoms with van der Waals surface area (Å²) in [5.41, 5.74) is 5.25. The van der Waals surface area contributed by atoms with Gasteiger partial charge in [-0.1, -0.05) is 12.1 Å². The molecule has 0 radical (unpaired) electrons. The van der Waals surface area contributed by atoms with Gasteiger partial charge in [-0.15, -0.1) is 0 Å². The van der Waals surface area contributed by atoms with Gasteiger partial charge in [-0.2, -0.15) is 0 Å². The number of carbonyl (C=O) groups excluding carboxylic acids is 3. The minimum atomic E-state index is -1.99. The lowest BCUT2D eigenvalue weighted by Crippen LogP contribution is -2.51. The highest BCUT2D eigenvalue weighted by Crippen LogP contribution is 2.17. The van der Waals surface area contributed by atoms with E-state index in [0.29, 0.717) is 5.46 Å². The molecule has 33 heavy (non-hydrogen) atoms. The molecule has 7 N–H and O–H groups in total. The second kappa shape index (κ2) is 9.79. The Morgan fingerprint density at radius 2 is 1.94 bits per heavy atom. The molecule has 0 saturated carbocycles. The average Bonchev–Trinajstić information content (AvgIpc) is 3.15. The number of nitrogens with two attached hydrogens (primary N) is 1. The Hall–Kier alpha value is -3.78. The van der Waals surface area contributed by atoms with Gasteiger partial charge >= 0.3 is 14.2 Å². The predicted molar refractivity (Wildman–Crippen MR) is 115 cm³/mol. The molecule has 3 amide bonds. The van der Waals surface area contributed by atoms with E-state index in [0.717, 1.165) is 23.8 Å². The van der Waals surface area contributed by atoms with Crippen molar-refractivity contribution in [1.82, 2.24) is 10.6 Å². The average molecular weight is 456 g/mol. The van der Waals surface area contributed by atoms with Gasteiger partial charge in [-0.3, -0.25) is 24.5 Å². The number of fused-ring (bicyclic) bond motifs is 1. The molecule has 3 rings (SSSR count). The van der Waals surface area contributed by atoms with Crippen molar-refractivity contribution in [3.8, 4) is 0 Å². The minimum absolute atomic E-state index is 0.160. The van der Waals surface area contributed by atoms with E-state index < -0.39 is 60.7 Å². The summed E-state index contributed by atoms with van der Waals surface area (Å²) < 4.78 is 5.06. The Balaban J connectivity index is 1.73. The molecule has 0 saturated heterocycles. The Bertz CT molecular complexity index is 1130. The van der Waals surface area contributed by atoms with Gasteiger partial charge < -0.3 is 36.1 Å². The molecule has 170 valence electrons. The molecule has 1 atom stereocenters. The summed E-state index contributed by atoms with van der Waals surface area (Å²) in [5, 5.41) is 44.1. The van der Waals surface area contributed by atoms with Crippen LogP contribution in [0.2, 0.25) is 0 Å². The quantitative estimate of drug-likeness (QED) is 0.132. The molecule has 15 heteroatoms. The van der Waals surface area contributed by atoms with Crippen LogP contribution < -0.4 is 27.3 Å². The highest BCUT2D eigenvalue weighted by Gasteiger charge is 2.29. The first-order chi connectivity index (χ1) is 15.6. The zero-order chi connectivity index (χ0) is 24.3. The summed E-state index contributed by atoms with van der Waals surface area (Å²) in [6.45, 7) is -0.235. The molecule has 0 aromatic heterocycles. The Morgan fingerprint density at radius 1 is 1.21 bits per heavy atom. The number of primary amides is 1. The third-order valence-electron chi connectivity index (χ3n) is 4.95. The second-order valence-electron chi connectivity index (χ2n) is 7.12. The first-order valence-electron chi connectivity index (χ1n) is 9.53. The fourth-order valence-electron chi connectivity index (χ4n) is 3.17. The topological polar surface area (TPSA) is 214 Å². The predicted octanol–water partition coefficient (Wildman–Crippen LogP) is -3.49. The van der Waals surface area contributed by atoms with Gasteiger partial charge in [0.1, 0.15) is 11.6 Å². The zero-order valence-electron chi connectivity index (χ0n) is 16.9. The molecule has 0 fully saturated rings. The maximum Gasteiger partial charge on any atom is 0.491 e. The van der Waals surface area contributed by atoms with Crippen LogP contribution in [0.3, 0.4) is 0 Å². The van der Waals surface area contributed by atoms with E-state index >= 15 is 0 Å². The largest absolute Gasteiger partial charge is 0.491 e. The van der Waals surface area contributed by atoms with Crippen LogP contribution in [0.15, 0.2) is 36.4 Å². The number of nitrogens with zero attached hydrogens (tertiary/aromatic N) is 1. The van der Waals surface area contributed by atoms with Gasteiger partial charge in [0.15, 0.2) is 0 Å². The third kappa shape index (κ3) is 5.35. The third-order valence-corrected chi connectivity index (χ3v) is 4.95. The van der Waals surface area contributed by atoms with Crippen molar-refractivity contribution in [1.29, 1.82) is 0 Å². The Morgan fingerprint density at radius 3 is 2.58 bits per heavy atom. The SMILES string of the molecule is NC(=O)C(CNC(=O)c1ccc2c(c1)B(O)OC2)NC(=O)c1cc(B(O)O)ccc1[N+](=O)[O-]. The number of nitro groups is 1. The number of carbonyl (C=O) groups is 3. The molecule has 2 aromatic rings. The smallest absolute Gasteiger partial charge is 0.423 e. The standard InChI is InChI=1S/C18H18B2N4O9/c21-16(25)14(7-22-17(26)9-1-2-10-8-33-20(30)13(10)5-9)23-18(27)12-6-11(19(28)29)3-4-15(12)24(31)32/h1-6,14,28-30H,7-8H2,(H2,21,25)(H,22,26)(H,23,27). The van der Waals surface area contributed by atoms with Crippen molar-refractivity contribution < 1.29 is 39.0 Å². The van der Waals surface area contributed by atoms with Crippen LogP contribution in [0.25, 0.3) is 0 Å². The first-order valence-corrected chi connectivity index (χ1v) is 9.53. The molecule has 13 nitrogen and oxygen atoms in total. The van der Waals surface area contributed by atoms with Crippen molar-refractivity contribution in [2.24, 2.45) is 5.73 Å². The molecular weight excluding hydrogens is 438 g/mol. The van der Waals surface area contributed by atoms with Crippen LogP contribution in [0.5, 0.6) is 0 Å². The molecular formula is C18H18B2N4O9. The summed E-state index contributed by atoms with van der Waals surface area (Å²) in [6, 6.07) is 5.95. The van der Waals surface area contributed by atoms with Crippen LogP contribution in [0.4, 0.5) is 5.69 Å². The molecule has 0 bridgehead atoms. The maximum absolute atomic E-state index is 12.6. The summed E-state index contributed by atoms with van der Waals surface area (Å²) in [6.07, 6.45) is 0. The van der Waals surface area contributed by atoms with Crippen LogP contribution in [-0.4, -0.2) is 64.5 Å². The van der Waals surface area contributed by atoms with Crippen molar-refractivity contribution >= 4 is 48.6 Å². The van der Waals surface area contributed by atoms with E-state index in [4.69, 9.17) is 10.4 Å². The van der Waals surface area contributed by atoms with Crippen LogP contribution >= 0.6 is 0 Å². The molecule has 1 heterocycles. The fourth-order valence-corrected chi connectivity index (χ4v) is 3.17. The van der Waals surface area contributed by atoms with Crippen molar-refractivity contribution in [2.75, 3.05) is 6.54 Å². The number of nitro benzene ring substituents is 1. The molecule has 1 unspecified atom stereocenters. The molecule has 0 aliphatic carbocycles. The minimum Gasteiger partial charge on any atom is -0.423 e. The zero-order valence-corrected chi connectivity index (χ0v) is 16.9. The van der Waals surface area contributed by atoms with E-state index in [-0.39, 0.29) is 17.6 Å². The van der Waals surface area contributed by atoms with Gasteiger partial charge in [-0.05, 0) is 34.7 Å². The highest BCUT2D eigenvalue weighted by atomic mass is 16.6. The van der Waals surface area contributed by atoms with E-state index in [1.807, 2.05) is 0 Å². The van der Waals surface area contributed by atoms with Gasteiger partial charge in [0.05, 0.1) is 11.5 Å². The van der Waals surface area contributed by atoms with Crippen LogP contribution in [-0.2, 0) is 16.1 Å². The highest BCUT2D eigenvalue weighted by molar-refractivity contribution is 6.61. The number of benzene rings is 2. The molecule has 0 spiro atoms. The second-order valence-corrected chi connectivity index (χ2v) is 7.12. The van der Waals surface area contributed by atoms with Crippen molar-refractivity contribution in [3.63, 3.8) is 0 Å². The van der Waals surface area contributed by atoms with Crippen molar-refractivity contribution in [3.05, 3.63) is 63.2 Å². The fraction of sp³-hybridized carbons (Fsp3) is 0.167. The summed E-state index contributed by atoms with van der Waals surface area (Å²) >= 11 is 0. The van der Waals surface area contributed by atoms with Crippen LogP contribution in [0.1, 0.15) is 26.3 Å². The summed E-state index contributed by atoms with van der Waals surface area (Å²) in [4.78, 5) is 47.2. The molecule has 2 aromatic carbocycles.